The molecule has 0 fully saturated rings. The van der Waals surface area contributed by atoms with Crippen LogP contribution in [0.15, 0.2) is 279 Å². The van der Waals surface area contributed by atoms with Gasteiger partial charge in [-0.15, -0.1) is 0 Å². The molecular formula is C82H74N2. The van der Waals surface area contributed by atoms with Gasteiger partial charge in [0.25, 0.3) is 0 Å². The van der Waals surface area contributed by atoms with Crippen molar-refractivity contribution in [1.82, 2.24) is 0 Å². The van der Waals surface area contributed by atoms with Gasteiger partial charge in [0.1, 0.15) is 0 Å². The van der Waals surface area contributed by atoms with Crippen molar-refractivity contribution in [1.29, 1.82) is 0 Å². The van der Waals surface area contributed by atoms with Crippen LogP contribution >= 0.6 is 0 Å². The van der Waals surface area contributed by atoms with Crippen LogP contribution in [0.4, 0.5) is 34.1 Å². The molecule has 0 atom stereocenters. The van der Waals surface area contributed by atoms with E-state index in [1.165, 1.54) is 67.0 Å². The number of benzene rings is 11. The quantitative estimate of drug-likeness (QED) is 0.0745. The van der Waals surface area contributed by atoms with Crippen molar-refractivity contribution in [3.8, 4) is 0 Å². The van der Waals surface area contributed by atoms with Crippen molar-refractivity contribution in [2.45, 2.75) is 65.7 Å². The summed E-state index contributed by atoms with van der Waals surface area (Å²) in [4.78, 5) is 4.88. The van der Waals surface area contributed by atoms with E-state index in [1.54, 1.807) is 0 Å². The van der Waals surface area contributed by atoms with Gasteiger partial charge in [0.15, 0.2) is 0 Å². The van der Waals surface area contributed by atoms with Crippen LogP contribution in [0.3, 0.4) is 0 Å². The molecule has 0 saturated heterocycles. The number of nitrogens with zero attached hydrogens (tertiary/aromatic N) is 2. The van der Waals surface area contributed by atoms with Crippen molar-refractivity contribution in [3.63, 3.8) is 0 Å². The lowest BCUT2D eigenvalue weighted by Gasteiger charge is -2.30. The number of anilines is 6. The van der Waals surface area contributed by atoms with E-state index in [2.05, 4.69) is 361 Å². The molecule has 2 nitrogen and oxygen atoms in total. The fourth-order valence-electron chi connectivity index (χ4n) is 11.6. The van der Waals surface area contributed by atoms with Crippen LogP contribution in [0.2, 0.25) is 0 Å². The normalized spacial score (nSPS) is 11.5. The van der Waals surface area contributed by atoms with Gasteiger partial charge in [0.05, 0.1) is 11.4 Å². The molecule has 11 aromatic rings. The number of rotatable bonds is 19. The molecule has 0 aliphatic rings. The first kappa shape index (κ1) is 56.1. The second-order valence-electron chi connectivity index (χ2n) is 22.6. The van der Waals surface area contributed by atoms with Crippen LogP contribution in [-0.2, 0) is 6.42 Å². The Labute approximate surface area is 499 Å². The third kappa shape index (κ3) is 13.3. The Hall–Kier alpha value is -9.76. The van der Waals surface area contributed by atoms with Gasteiger partial charge in [0, 0.05) is 28.7 Å². The van der Waals surface area contributed by atoms with Crippen LogP contribution in [0.5, 0.6) is 0 Å². The Morgan fingerprint density at radius 3 is 0.976 bits per heavy atom. The first-order valence-electron chi connectivity index (χ1n) is 29.7. The molecule has 0 saturated carbocycles. The third-order valence-corrected chi connectivity index (χ3v) is 16.1. The van der Waals surface area contributed by atoms with Crippen molar-refractivity contribution >= 4 is 70.1 Å². The first-order chi connectivity index (χ1) is 41.1. The highest BCUT2D eigenvalue weighted by atomic mass is 15.2. The molecule has 0 bridgehead atoms. The van der Waals surface area contributed by atoms with E-state index in [9.17, 15) is 0 Å². The lowest BCUT2D eigenvalue weighted by molar-refractivity contribution is 0.805. The van der Waals surface area contributed by atoms with E-state index in [0.29, 0.717) is 11.8 Å². The Kier molecular flexibility index (Phi) is 17.7. The standard InChI is InChI=1S/C82H74N2/c1-59(2)77-31-19-21-61(5)81(77)83(75-53-45-67(46-54-75)57-79(69-23-11-7-12-24-69)70-25-13-8-14-26-70)73-49-41-65(42-50-73)39-37-63-33-35-64(36-34-63)38-40-66-43-51-74(52-44-66)84(82-62(6)22-20-32-78(82)60(3)4)76-55-47-68(48-56-76)58-80(71-27-15-9-16-28-71)72-29-17-10-18-30-72/h7-57,59-60,80H,58H2,1-6H3. The molecule has 0 N–H and O–H groups in total. The largest absolute Gasteiger partial charge is 0.310 e. The molecule has 11 rings (SSSR count). The second-order valence-corrected chi connectivity index (χ2v) is 22.6. The SMILES string of the molecule is Cc1cccc(C(C)C)c1N(c1ccc(C=Cc2ccc(C=Cc3ccc(N(c4ccc(CC(c5ccccc5)c5ccccc5)cc4)c4c(C)cccc4C(C)C)cc3)cc2)cc1)c1ccc(C=C(c2ccccc2)c2ccccc2)cc1. The van der Waals surface area contributed by atoms with Gasteiger partial charge in [-0.25, -0.2) is 0 Å². The summed E-state index contributed by atoms with van der Waals surface area (Å²) in [6.45, 7) is 13.6. The van der Waals surface area contributed by atoms with E-state index in [0.717, 1.165) is 57.0 Å². The van der Waals surface area contributed by atoms with E-state index < -0.39 is 0 Å². The lowest BCUT2D eigenvalue weighted by Crippen LogP contribution is -2.14. The summed E-state index contributed by atoms with van der Waals surface area (Å²) in [6, 6.07) is 102. The van der Waals surface area contributed by atoms with Crippen molar-refractivity contribution in [2.24, 2.45) is 0 Å². The zero-order valence-corrected chi connectivity index (χ0v) is 49.3. The van der Waals surface area contributed by atoms with Gasteiger partial charge < -0.3 is 9.80 Å². The third-order valence-electron chi connectivity index (χ3n) is 16.1. The van der Waals surface area contributed by atoms with E-state index in [-0.39, 0.29) is 5.92 Å². The average Bonchev–Trinajstić information content (AvgIpc) is 3.62. The fourth-order valence-corrected chi connectivity index (χ4v) is 11.6. The molecule has 0 aliphatic heterocycles. The summed E-state index contributed by atoms with van der Waals surface area (Å²) in [5, 5.41) is 0. The highest BCUT2D eigenvalue weighted by molar-refractivity contribution is 5.92. The molecule has 0 spiro atoms. The van der Waals surface area contributed by atoms with Crippen LogP contribution in [0, 0.1) is 13.8 Å². The first-order valence-corrected chi connectivity index (χ1v) is 29.7. The summed E-state index contributed by atoms with van der Waals surface area (Å²) in [5.74, 6) is 0.973. The van der Waals surface area contributed by atoms with Crippen LogP contribution < -0.4 is 9.80 Å². The van der Waals surface area contributed by atoms with Crippen LogP contribution in [0.25, 0.3) is 36.0 Å². The number of hydrogen-bond acceptors (Lipinski definition) is 2. The van der Waals surface area contributed by atoms with Crippen molar-refractivity contribution < 1.29 is 0 Å². The summed E-state index contributed by atoms with van der Waals surface area (Å²) >= 11 is 0. The number of para-hydroxylation sites is 2. The smallest absolute Gasteiger partial charge is 0.0525 e. The topological polar surface area (TPSA) is 6.48 Å². The van der Waals surface area contributed by atoms with Gasteiger partial charge in [0.2, 0.25) is 0 Å². The zero-order chi connectivity index (χ0) is 57.8. The molecule has 0 heterocycles. The molecule has 11 aromatic carbocycles. The Morgan fingerprint density at radius 1 is 0.321 bits per heavy atom. The minimum atomic E-state index is 0.270. The van der Waals surface area contributed by atoms with Crippen molar-refractivity contribution in [3.05, 3.63) is 357 Å². The minimum Gasteiger partial charge on any atom is -0.310 e. The predicted octanol–water partition coefficient (Wildman–Crippen LogP) is 22.8. The molecule has 84 heavy (non-hydrogen) atoms. The monoisotopic (exact) mass is 1090 g/mol. The molecular weight excluding hydrogens is 1010 g/mol. The average molecular weight is 1090 g/mol. The fraction of sp³-hybridized carbons (Fsp3) is 0.122. The highest BCUT2D eigenvalue weighted by Gasteiger charge is 2.23. The van der Waals surface area contributed by atoms with E-state index >= 15 is 0 Å². The Morgan fingerprint density at radius 2 is 0.631 bits per heavy atom. The van der Waals surface area contributed by atoms with E-state index in [4.69, 9.17) is 0 Å². The van der Waals surface area contributed by atoms with Crippen LogP contribution in [0.1, 0.15) is 123 Å². The van der Waals surface area contributed by atoms with Gasteiger partial charge in [-0.1, -0.05) is 283 Å². The maximum absolute atomic E-state index is 2.45. The molecule has 0 amide bonds. The number of aryl methyl sites for hydroxylation is 2. The summed E-state index contributed by atoms with van der Waals surface area (Å²) in [6.07, 6.45) is 12.0. The maximum Gasteiger partial charge on any atom is 0.0525 e. The number of hydrogen-bond donors (Lipinski definition) is 0. The van der Waals surface area contributed by atoms with Crippen LogP contribution in [-0.4, -0.2) is 0 Å². The molecule has 0 unspecified atom stereocenters. The zero-order valence-electron chi connectivity index (χ0n) is 49.3. The molecule has 2 heteroatoms. The minimum absolute atomic E-state index is 0.270. The summed E-state index contributed by atoms with van der Waals surface area (Å²) in [7, 11) is 0. The molecule has 0 radical (unpaired) electrons. The van der Waals surface area contributed by atoms with Gasteiger partial charge >= 0.3 is 0 Å². The van der Waals surface area contributed by atoms with Gasteiger partial charge in [-0.3, -0.25) is 0 Å². The Balaban J connectivity index is 0.798. The summed E-state index contributed by atoms with van der Waals surface area (Å²) in [5.41, 5.74) is 25.5. The van der Waals surface area contributed by atoms with Gasteiger partial charge in [-0.05, 0) is 170 Å². The summed E-state index contributed by atoms with van der Waals surface area (Å²) < 4.78 is 0. The molecule has 0 aliphatic carbocycles. The lowest BCUT2D eigenvalue weighted by atomic mass is 9.86. The van der Waals surface area contributed by atoms with Gasteiger partial charge in [-0.2, -0.15) is 0 Å². The second kappa shape index (κ2) is 26.4. The highest BCUT2D eigenvalue weighted by Crippen LogP contribution is 2.44. The Bertz CT molecular complexity index is 3910. The van der Waals surface area contributed by atoms with E-state index in [1.807, 2.05) is 0 Å². The predicted molar refractivity (Wildman–Crippen MR) is 362 cm³/mol. The molecule has 412 valence electrons. The molecule has 0 aromatic heterocycles. The maximum atomic E-state index is 2.45. The van der Waals surface area contributed by atoms with Crippen molar-refractivity contribution in [2.75, 3.05) is 9.80 Å².